The molecular formula is H3NbO4PSi. The summed E-state index contributed by atoms with van der Waals surface area (Å²) in [6.45, 7) is 0. The number of phosphoric acid groups is 1. The average Bonchev–Trinajstić information content (AvgIpc) is 1.35. The SMILES string of the molecule is O=P([O-])([O-])O[SiH3].[Nb+2]. The van der Waals surface area contributed by atoms with E-state index in [9.17, 15) is 14.4 Å². The van der Waals surface area contributed by atoms with Gasteiger partial charge in [-0.3, -0.25) is 0 Å². The summed E-state index contributed by atoms with van der Waals surface area (Å²) in [5, 5.41) is 0. The molecule has 0 saturated carbocycles. The summed E-state index contributed by atoms with van der Waals surface area (Å²) < 4.78 is 12.8. The molecule has 0 fully saturated rings. The second kappa shape index (κ2) is 4.00. The Hall–Kier alpha value is 1.07. The molecule has 0 aliphatic heterocycles. The molecule has 4 nitrogen and oxygen atoms in total. The average molecular weight is 219 g/mol. The van der Waals surface area contributed by atoms with Gasteiger partial charge in [0.1, 0.15) is 0 Å². The van der Waals surface area contributed by atoms with Crippen molar-refractivity contribution in [2.24, 2.45) is 0 Å². The van der Waals surface area contributed by atoms with E-state index in [1.54, 1.807) is 0 Å². The minimum absolute atomic E-state index is 0. The quantitative estimate of drug-likeness (QED) is 0.350. The van der Waals surface area contributed by atoms with Gasteiger partial charge in [0.2, 0.25) is 0 Å². The van der Waals surface area contributed by atoms with Crippen molar-refractivity contribution in [3.63, 3.8) is 0 Å². The molecule has 7 heteroatoms. The van der Waals surface area contributed by atoms with Gasteiger partial charge in [0.05, 0.1) is 0 Å². The molecule has 0 heterocycles. The van der Waals surface area contributed by atoms with Gasteiger partial charge >= 0.3 is 22.4 Å². The summed E-state index contributed by atoms with van der Waals surface area (Å²) in [4.78, 5) is 18.6. The van der Waals surface area contributed by atoms with Crippen LogP contribution in [0.4, 0.5) is 0 Å². The minimum atomic E-state index is -4.58. The van der Waals surface area contributed by atoms with Crippen LogP contribution in [0.5, 0.6) is 0 Å². The molecule has 41 valence electrons. The molecule has 0 atom stereocenters. The number of rotatable bonds is 1. The van der Waals surface area contributed by atoms with Crippen molar-refractivity contribution in [2.75, 3.05) is 0 Å². The van der Waals surface area contributed by atoms with E-state index in [4.69, 9.17) is 0 Å². The van der Waals surface area contributed by atoms with Gasteiger partial charge in [-0.2, -0.15) is 0 Å². The third kappa shape index (κ3) is 11.0. The first-order valence-corrected chi connectivity index (χ1v) is 3.42. The maximum absolute atomic E-state index is 9.28. The molecule has 0 aromatic heterocycles. The topological polar surface area (TPSA) is 72.4 Å². The van der Waals surface area contributed by atoms with Crippen molar-refractivity contribution in [3.05, 3.63) is 0 Å². The normalized spacial score (nSPS) is 10.6. The molecule has 0 amide bonds. The van der Waals surface area contributed by atoms with Crippen molar-refractivity contribution in [1.82, 2.24) is 0 Å². The minimum Gasteiger partial charge on any atom is -0.791 e. The molecule has 0 saturated heterocycles. The van der Waals surface area contributed by atoms with E-state index in [1.165, 1.54) is 0 Å². The van der Waals surface area contributed by atoms with Gasteiger partial charge in [-0.25, -0.2) is 0 Å². The van der Waals surface area contributed by atoms with Crippen molar-refractivity contribution < 1.29 is 40.9 Å². The second-order valence-electron chi connectivity index (χ2n) is 0.630. The molecule has 0 N–H and O–H groups in total. The van der Waals surface area contributed by atoms with Crippen LogP contribution >= 0.6 is 7.82 Å². The fourth-order valence-corrected chi connectivity index (χ4v) is 0. The Bertz CT molecular complexity index is 75.8. The van der Waals surface area contributed by atoms with Crippen LogP contribution in [-0.2, 0) is 31.2 Å². The zero-order chi connectivity index (χ0) is 5.21. The molecule has 0 aromatic rings. The smallest absolute Gasteiger partial charge is 0.791 e. The van der Waals surface area contributed by atoms with Gasteiger partial charge < -0.3 is 18.6 Å². The Labute approximate surface area is 59.6 Å². The maximum Gasteiger partial charge on any atom is 2.00 e. The largest absolute Gasteiger partial charge is 2.00 e. The molecule has 0 aliphatic rings. The standard InChI is InChI=1S/Nb.H5O4PSi/c;1-5(2,3)4-6/h;6H3,(H2,1,2,3)/q+2;/p-2. The Morgan fingerprint density at radius 3 is 1.71 bits per heavy atom. The number of hydrogen-bond acceptors (Lipinski definition) is 4. The van der Waals surface area contributed by atoms with E-state index in [1.807, 2.05) is 0 Å². The first-order valence-electron chi connectivity index (χ1n) is 1.14. The maximum atomic E-state index is 9.28. The van der Waals surface area contributed by atoms with Gasteiger partial charge in [-0.15, -0.1) is 0 Å². The summed E-state index contributed by atoms with van der Waals surface area (Å²) in [6.07, 6.45) is 0. The molecule has 0 unspecified atom stereocenters. The van der Waals surface area contributed by atoms with Crippen molar-refractivity contribution in [1.29, 1.82) is 0 Å². The van der Waals surface area contributed by atoms with Crippen LogP contribution in [-0.4, -0.2) is 10.5 Å². The van der Waals surface area contributed by atoms with Crippen LogP contribution in [0.25, 0.3) is 0 Å². The van der Waals surface area contributed by atoms with Gasteiger partial charge in [-0.05, 0) is 0 Å². The molecule has 1 radical (unpaired) electrons. The van der Waals surface area contributed by atoms with Gasteiger partial charge in [0.15, 0.2) is 10.5 Å². The van der Waals surface area contributed by atoms with E-state index in [2.05, 4.69) is 4.21 Å². The fourth-order valence-electron chi connectivity index (χ4n) is 0. The Morgan fingerprint density at radius 2 is 1.71 bits per heavy atom. The fraction of sp³-hybridized carbons (Fsp3) is 0. The second-order valence-corrected chi connectivity index (χ2v) is 2.98. The van der Waals surface area contributed by atoms with Crippen molar-refractivity contribution in [2.45, 2.75) is 0 Å². The Morgan fingerprint density at radius 1 is 1.57 bits per heavy atom. The van der Waals surface area contributed by atoms with E-state index in [-0.39, 0.29) is 32.9 Å². The first-order chi connectivity index (χ1) is 2.56. The molecule has 0 aliphatic carbocycles. The van der Waals surface area contributed by atoms with Gasteiger partial charge in [-0.1, -0.05) is 0 Å². The summed E-state index contributed by atoms with van der Waals surface area (Å²) in [6, 6.07) is 0. The zero-order valence-electron chi connectivity index (χ0n) is 3.53. The van der Waals surface area contributed by atoms with E-state index >= 15 is 0 Å². The summed E-state index contributed by atoms with van der Waals surface area (Å²) in [5.74, 6) is 0. The van der Waals surface area contributed by atoms with E-state index < -0.39 is 7.82 Å². The van der Waals surface area contributed by atoms with Crippen molar-refractivity contribution >= 4 is 18.3 Å². The van der Waals surface area contributed by atoms with Gasteiger partial charge in [0, 0.05) is 7.82 Å². The van der Waals surface area contributed by atoms with Crippen LogP contribution in [0.3, 0.4) is 0 Å². The van der Waals surface area contributed by atoms with Crippen molar-refractivity contribution in [3.8, 4) is 0 Å². The first kappa shape index (κ1) is 10.9. The number of hydrogen-bond donors (Lipinski definition) is 0. The predicted octanol–water partition coefficient (Wildman–Crippen LogP) is -2.89. The third-order valence-corrected chi connectivity index (χ3v) is 2.01. The van der Waals surface area contributed by atoms with Crippen LogP contribution in [0, 0.1) is 0 Å². The predicted molar refractivity (Wildman–Crippen MR) is 18.6 cm³/mol. The van der Waals surface area contributed by atoms with Crippen LogP contribution in [0.1, 0.15) is 0 Å². The summed E-state index contributed by atoms with van der Waals surface area (Å²) in [5.41, 5.74) is 0. The van der Waals surface area contributed by atoms with E-state index in [0.717, 1.165) is 0 Å². The van der Waals surface area contributed by atoms with Gasteiger partial charge in [0.25, 0.3) is 0 Å². The molecule has 0 bridgehead atoms. The molecular weight excluding hydrogens is 216 g/mol. The molecule has 0 aromatic carbocycles. The Balaban J connectivity index is 0. The molecule has 7 heavy (non-hydrogen) atoms. The summed E-state index contributed by atoms with van der Waals surface area (Å²) >= 11 is 0. The van der Waals surface area contributed by atoms with E-state index in [0.29, 0.717) is 0 Å². The van der Waals surface area contributed by atoms with Crippen LogP contribution < -0.4 is 9.79 Å². The zero-order valence-corrected chi connectivity index (χ0v) is 8.62. The third-order valence-electron chi connectivity index (χ3n) is 0.224. The molecule has 0 spiro atoms. The van der Waals surface area contributed by atoms with Crippen LogP contribution in [0.2, 0.25) is 0 Å². The van der Waals surface area contributed by atoms with Crippen LogP contribution in [0.15, 0.2) is 0 Å². The Kier molecular flexibility index (Phi) is 6.25. The molecule has 0 rings (SSSR count). The summed E-state index contributed by atoms with van der Waals surface area (Å²) in [7, 11) is -4.62. The monoisotopic (exact) mass is 219 g/mol.